The molecule has 0 N–H and O–H groups in total. The van der Waals surface area contributed by atoms with Crippen molar-refractivity contribution in [1.29, 1.82) is 0 Å². The van der Waals surface area contributed by atoms with Crippen LogP contribution in [0.15, 0.2) is 48.8 Å². The Kier molecular flexibility index (Phi) is 12.0. The van der Waals surface area contributed by atoms with Gasteiger partial charge in [0.2, 0.25) is 10.0 Å². The molecule has 1 aromatic heterocycles. The van der Waals surface area contributed by atoms with E-state index in [4.69, 9.17) is 37.4 Å². The molecule has 3 aromatic rings. The lowest BCUT2D eigenvalue weighted by atomic mass is 10.0. The molecule has 2 aromatic carbocycles. The second-order valence-electron chi connectivity index (χ2n) is 12.8. The number of ketones is 1. The number of alkyl halides is 2. The molecule has 1 saturated carbocycles. The van der Waals surface area contributed by atoms with Gasteiger partial charge in [-0.25, -0.2) is 8.42 Å². The summed E-state index contributed by atoms with van der Waals surface area (Å²) < 4.78 is 74.9. The second-order valence-corrected chi connectivity index (χ2v) is 15.5. The van der Waals surface area contributed by atoms with Crippen LogP contribution in [0.3, 0.4) is 0 Å². The fraction of sp³-hybridized carbons (Fsp3) is 0.429. The monoisotopic (exact) mass is 796 g/mol. The van der Waals surface area contributed by atoms with Crippen molar-refractivity contribution in [3.05, 3.63) is 75.5 Å². The molecule has 18 heteroatoms. The standard InChI is InChI=1S/C35H36Cl2F2N4O9S/c1-53(47,48)43(9-8-41-10-12-49-13-11-41)23-5-6-28-25(15-23)33(45)34(46)42(28)19-32(44)51-30(16-24-26(36)17-40-18-27(24)37)22-4-7-29(52-35(38)39)31(14-22)50-20-21-2-3-21/h4-7,14-15,17-18,21,30,35H,2-3,8-13,16,19-20H2,1H3. The fourth-order valence-corrected chi connectivity index (χ4v) is 7.47. The molecule has 0 bridgehead atoms. The van der Waals surface area contributed by atoms with Crippen molar-refractivity contribution in [2.24, 2.45) is 5.92 Å². The van der Waals surface area contributed by atoms with Crippen molar-refractivity contribution in [2.75, 3.05) is 68.0 Å². The first-order chi connectivity index (χ1) is 25.3. The van der Waals surface area contributed by atoms with Gasteiger partial charge in [-0.3, -0.25) is 33.5 Å². The number of esters is 1. The molecule has 6 rings (SSSR count). The zero-order valence-corrected chi connectivity index (χ0v) is 30.8. The number of halogens is 4. The first kappa shape index (κ1) is 38.6. The smallest absolute Gasteiger partial charge is 0.387 e. The molecule has 1 aliphatic carbocycles. The van der Waals surface area contributed by atoms with Gasteiger partial charge < -0.3 is 18.9 Å². The highest BCUT2D eigenvalue weighted by Gasteiger charge is 2.39. The predicted octanol–water partition coefficient (Wildman–Crippen LogP) is 4.93. The van der Waals surface area contributed by atoms with E-state index in [1.165, 1.54) is 48.8 Å². The highest BCUT2D eigenvalue weighted by Crippen LogP contribution is 2.39. The van der Waals surface area contributed by atoms with Gasteiger partial charge in [0.05, 0.1) is 53.1 Å². The number of pyridine rings is 1. The molecule has 1 saturated heterocycles. The van der Waals surface area contributed by atoms with Gasteiger partial charge in [-0.2, -0.15) is 8.78 Å². The maximum absolute atomic E-state index is 13.6. The number of ether oxygens (including phenoxy) is 4. The average molecular weight is 798 g/mol. The van der Waals surface area contributed by atoms with Gasteiger partial charge in [-0.15, -0.1) is 0 Å². The molecule has 284 valence electrons. The summed E-state index contributed by atoms with van der Waals surface area (Å²) in [4.78, 5) is 47.0. The minimum Gasteiger partial charge on any atom is -0.489 e. The molecule has 13 nitrogen and oxygen atoms in total. The van der Waals surface area contributed by atoms with Crippen molar-refractivity contribution < 1.29 is 50.5 Å². The van der Waals surface area contributed by atoms with Crippen LogP contribution in [0, 0.1) is 5.92 Å². The molecular weight excluding hydrogens is 761 g/mol. The number of carbonyl (C=O) groups excluding carboxylic acids is 3. The summed E-state index contributed by atoms with van der Waals surface area (Å²) >= 11 is 12.8. The number of nitrogens with zero attached hydrogens (tertiary/aromatic N) is 4. The molecular formula is C35H36Cl2F2N4O9S. The maximum Gasteiger partial charge on any atom is 0.387 e. The summed E-state index contributed by atoms with van der Waals surface area (Å²) in [5, 5.41) is 0.360. The van der Waals surface area contributed by atoms with E-state index in [9.17, 15) is 31.6 Å². The third kappa shape index (κ3) is 9.54. The maximum atomic E-state index is 13.6. The number of amides is 1. The number of anilines is 2. The van der Waals surface area contributed by atoms with Crippen molar-refractivity contribution in [3.63, 3.8) is 0 Å². The van der Waals surface area contributed by atoms with Crippen molar-refractivity contribution in [2.45, 2.75) is 32.0 Å². The summed E-state index contributed by atoms with van der Waals surface area (Å²) in [5.74, 6) is -2.76. The number of aromatic nitrogens is 1. The van der Waals surface area contributed by atoms with E-state index in [0.717, 1.165) is 28.3 Å². The minimum atomic E-state index is -3.77. The van der Waals surface area contributed by atoms with E-state index in [1.54, 1.807) is 0 Å². The Balaban J connectivity index is 1.24. The van der Waals surface area contributed by atoms with Crippen LogP contribution in [0.5, 0.6) is 11.5 Å². The lowest BCUT2D eigenvalue weighted by Gasteiger charge is -2.30. The topological polar surface area (TPSA) is 145 Å². The highest BCUT2D eigenvalue weighted by molar-refractivity contribution is 7.92. The van der Waals surface area contributed by atoms with E-state index in [1.807, 2.05) is 0 Å². The Morgan fingerprint density at radius 1 is 1.06 bits per heavy atom. The number of fused-ring (bicyclic) bond motifs is 1. The molecule has 2 fully saturated rings. The minimum absolute atomic E-state index is 0.0146. The fourth-order valence-electron chi connectivity index (χ4n) is 6.04. The molecule has 53 heavy (non-hydrogen) atoms. The molecule has 0 spiro atoms. The van der Waals surface area contributed by atoms with Gasteiger partial charge in [0.25, 0.3) is 11.7 Å². The van der Waals surface area contributed by atoms with E-state index < -0.39 is 46.9 Å². The van der Waals surface area contributed by atoms with Gasteiger partial charge in [0.15, 0.2) is 11.5 Å². The number of morpholine rings is 1. The van der Waals surface area contributed by atoms with Gasteiger partial charge >= 0.3 is 12.6 Å². The van der Waals surface area contributed by atoms with Gasteiger partial charge in [0, 0.05) is 45.0 Å². The number of Topliss-reactive ketones (excluding diaryl/α,β-unsaturated/α-hetero) is 1. The molecule has 1 unspecified atom stereocenters. The van der Waals surface area contributed by atoms with E-state index in [2.05, 4.69) is 14.6 Å². The largest absolute Gasteiger partial charge is 0.489 e. The van der Waals surface area contributed by atoms with E-state index >= 15 is 0 Å². The van der Waals surface area contributed by atoms with Crippen LogP contribution in [0.2, 0.25) is 10.0 Å². The number of carbonyl (C=O) groups is 3. The quantitative estimate of drug-likeness (QED) is 0.144. The van der Waals surface area contributed by atoms with Crippen LogP contribution >= 0.6 is 23.2 Å². The molecule has 2 aliphatic heterocycles. The van der Waals surface area contributed by atoms with Crippen LogP contribution < -0.4 is 18.7 Å². The van der Waals surface area contributed by atoms with Crippen LogP contribution in [-0.2, 0) is 35.5 Å². The second kappa shape index (κ2) is 16.5. The molecule has 1 atom stereocenters. The van der Waals surface area contributed by atoms with Crippen LogP contribution in [-0.4, -0.2) is 101 Å². The van der Waals surface area contributed by atoms with Crippen molar-refractivity contribution >= 4 is 62.3 Å². The van der Waals surface area contributed by atoms with Gasteiger partial charge in [0.1, 0.15) is 12.6 Å². The summed E-state index contributed by atoms with van der Waals surface area (Å²) in [6, 6.07) is 8.32. The first-order valence-electron chi connectivity index (χ1n) is 16.8. The average Bonchev–Trinajstić information content (AvgIpc) is 3.92. The summed E-state index contributed by atoms with van der Waals surface area (Å²) in [6.07, 6.45) is 4.44. The number of sulfonamides is 1. The number of rotatable bonds is 16. The third-order valence-electron chi connectivity index (χ3n) is 9.00. The molecule has 3 aliphatic rings. The Hall–Kier alpha value is -4.09. The number of benzene rings is 2. The number of hydrogen-bond donors (Lipinski definition) is 0. The Bertz CT molecular complexity index is 1960. The Morgan fingerprint density at radius 2 is 1.77 bits per heavy atom. The summed E-state index contributed by atoms with van der Waals surface area (Å²) in [7, 11) is -3.77. The lowest BCUT2D eigenvalue weighted by molar-refractivity contribution is -0.148. The van der Waals surface area contributed by atoms with Crippen LogP contribution in [0.1, 0.15) is 40.4 Å². The predicted molar refractivity (Wildman–Crippen MR) is 191 cm³/mol. The molecule has 1 amide bonds. The Morgan fingerprint density at radius 3 is 2.43 bits per heavy atom. The zero-order chi connectivity index (χ0) is 37.9. The zero-order valence-electron chi connectivity index (χ0n) is 28.5. The SMILES string of the molecule is CS(=O)(=O)N(CCN1CCOCC1)c1ccc2c(c1)C(=O)C(=O)N2CC(=O)OC(Cc1c(Cl)cncc1Cl)c1ccc(OC(F)F)c(OCC2CC2)c1. The Labute approximate surface area is 314 Å². The summed E-state index contributed by atoms with van der Waals surface area (Å²) in [6.45, 7) is -0.622. The van der Waals surface area contributed by atoms with Gasteiger partial charge in [-0.05, 0) is 60.2 Å². The van der Waals surface area contributed by atoms with Gasteiger partial charge in [-0.1, -0.05) is 29.3 Å². The van der Waals surface area contributed by atoms with Crippen LogP contribution in [0.25, 0.3) is 0 Å². The molecule has 3 heterocycles. The highest BCUT2D eigenvalue weighted by atomic mass is 35.5. The lowest BCUT2D eigenvalue weighted by Crippen LogP contribution is -2.43. The van der Waals surface area contributed by atoms with Crippen LogP contribution in [0.4, 0.5) is 20.2 Å². The van der Waals surface area contributed by atoms with Crippen molar-refractivity contribution in [1.82, 2.24) is 9.88 Å². The van der Waals surface area contributed by atoms with E-state index in [-0.39, 0.29) is 64.0 Å². The van der Waals surface area contributed by atoms with E-state index in [0.29, 0.717) is 44.0 Å². The number of hydrogen-bond acceptors (Lipinski definition) is 11. The summed E-state index contributed by atoms with van der Waals surface area (Å²) in [5.41, 5.74) is 0.920. The normalized spacial score (nSPS) is 16.8. The third-order valence-corrected chi connectivity index (χ3v) is 10.8. The molecule has 0 radical (unpaired) electrons. The van der Waals surface area contributed by atoms with Crippen molar-refractivity contribution in [3.8, 4) is 11.5 Å². The first-order valence-corrected chi connectivity index (χ1v) is 19.4.